The first-order valence-electron chi connectivity index (χ1n) is 9.63. The Morgan fingerprint density at radius 1 is 1.12 bits per heavy atom. The van der Waals surface area contributed by atoms with Crippen molar-refractivity contribution in [1.82, 2.24) is 9.88 Å². The number of carbonyl (C=O) groups is 3. The third-order valence-electron chi connectivity index (χ3n) is 5.01. The smallest absolute Gasteiger partial charge is 0.508 e. The summed E-state index contributed by atoms with van der Waals surface area (Å²) in [5, 5.41) is 21.4. The first kappa shape index (κ1) is 23.6. The second-order valence-corrected chi connectivity index (χ2v) is 7.25. The van der Waals surface area contributed by atoms with E-state index < -0.39 is 42.4 Å². The molecule has 0 unspecified atom stereocenters. The van der Waals surface area contributed by atoms with Crippen LogP contribution in [-0.2, 0) is 9.59 Å². The number of carboxylic acids is 1. The van der Waals surface area contributed by atoms with Crippen LogP contribution in [0.4, 0.5) is 13.2 Å². The zero-order valence-corrected chi connectivity index (χ0v) is 17.4. The summed E-state index contributed by atoms with van der Waals surface area (Å²) in [6.07, 6.45) is -4.87. The van der Waals surface area contributed by atoms with Crippen molar-refractivity contribution in [3.05, 3.63) is 59.3 Å². The van der Waals surface area contributed by atoms with E-state index in [1.807, 2.05) is 0 Å². The van der Waals surface area contributed by atoms with Crippen molar-refractivity contribution in [2.75, 3.05) is 6.54 Å². The highest BCUT2D eigenvalue weighted by Gasteiger charge is 2.31. The second kappa shape index (κ2) is 8.85. The van der Waals surface area contributed by atoms with Crippen molar-refractivity contribution in [2.24, 2.45) is 0 Å². The van der Waals surface area contributed by atoms with E-state index in [-0.39, 0.29) is 11.3 Å². The third-order valence-corrected chi connectivity index (χ3v) is 5.01. The number of phenolic OH excluding ortho intramolecular Hbond substituents is 1. The van der Waals surface area contributed by atoms with Crippen LogP contribution in [0.3, 0.4) is 0 Å². The van der Waals surface area contributed by atoms with Crippen LogP contribution in [-0.4, -0.2) is 45.5 Å². The van der Waals surface area contributed by atoms with Gasteiger partial charge in [-0.1, -0.05) is 0 Å². The lowest BCUT2D eigenvalue weighted by Crippen LogP contribution is -2.32. The molecule has 33 heavy (non-hydrogen) atoms. The van der Waals surface area contributed by atoms with Crippen molar-refractivity contribution in [1.29, 1.82) is 0 Å². The fraction of sp³-hybridized carbons (Fsp3) is 0.227. The van der Waals surface area contributed by atoms with Crippen molar-refractivity contribution in [2.45, 2.75) is 26.1 Å². The zero-order valence-electron chi connectivity index (χ0n) is 17.4. The number of rotatable bonds is 6. The number of carboxylic acid groups (broad SMARTS) is 1. The summed E-state index contributed by atoms with van der Waals surface area (Å²) in [4.78, 5) is 36.5. The lowest BCUT2D eigenvalue weighted by Gasteiger charge is -2.13. The molecule has 0 saturated heterocycles. The van der Waals surface area contributed by atoms with Crippen LogP contribution in [0.2, 0.25) is 0 Å². The van der Waals surface area contributed by atoms with Gasteiger partial charge in [0.25, 0.3) is 5.91 Å². The van der Waals surface area contributed by atoms with Crippen LogP contribution in [0, 0.1) is 6.92 Å². The topological polar surface area (TPSA) is 118 Å². The summed E-state index contributed by atoms with van der Waals surface area (Å²) in [6.45, 7) is 2.52. The number of nitrogens with one attached hydrogen (secondary N) is 1. The Morgan fingerprint density at radius 2 is 1.76 bits per heavy atom. The number of alkyl halides is 3. The van der Waals surface area contributed by atoms with Gasteiger partial charge in [0.05, 0.1) is 11.4 Å². The molecule has 3 aromatic rings. The Bertz CT molecular complexity index is 1230. The van der Waals surface area contributed by atoms with Crippen LogP contribution in [0.1, 0.15) is 34.5 Å². The van der Waals surface area contributed by atoms with Crippen molar-refractivity contribution in [3.8, 4) is 11.5 Å². The molecule has 8 nitrogen and oxygen atoms in total. The quantitative estimate of drug-likeness (QED) is 0.514. The lowest BCUT2D eigenvalue weighted by atomic mass is 9.97. The van der Waals surface area contributed by atoms with Gasteiger partial charge in [0.2, 0.25) is 5.91 Å². The van der Waals surface area contributed by atoms with Crippen molar-refractivity contribution < 1.29 is 42.5 Å². The molecule has 0 radical (unpaired) electrons. The average molecular weight is 464 g/mol. The fourth-order valence-electron chi connectivity index (χ4n) is 3.61. The van der Waals surface area contributed by atoms with E-state index in [0.29, 0.717) is 22.2 Å². The molecule has 0 aliphatic carbocycles. The molecule has 0 fully saturated rings. The number of ether oxygens (including phenoxy) is 1. The highest BCUT2D eigenvalue weighted by Crippen LogP contribution is 2.35. The molecule has 0 aliphatic rings. The Balaban J connectivity index is 2.05. The van der Waals surface area contributed by atoms with Gasteiger partial charge < -0.3 is 20.3 Å². The van der Waals surface area contributed by atoms with Crippen LogP contribution in [0.5, 0.6) is 11.5 Å². The van der Waals surface area contributed by atoms with Gasteiger partial charge in [0.15, 0.2) is 0 Å². The van der Waals surface area contributed by atoms with Crippen LogP contribution >= 0.6 is 0 Å². The molecule has 1 atom stereocenters. The molecule has 2 aromatic carbocycles. The predicted octanol–water partition coefficient (Wildman–Crippen LogP) is 3.55. The Labute approximate surface area is 185 Å². The second-order valence-electron chi connectivity index (χ2n) is 7.25. The predicted molar refractivity (Wildman–Crippen MR) is 110 cm³/mol. The number of fused-ring (bicyclic) bond motifs is 1. The number of halogens is 3. The summed E-state index contributed by atoms with van der Waals surface area (Å²) >= 11 is 0. The standard InChI is InChI=1S/C22H19F3N2O6/c1-11(20(31)26-10-18(29)30)19-12(2)27(17-8-5-14(28)9-16(17)19)21(32)13-3-6-15(7-4-13)33-22(23,24)25/h3-9,11,28H,10H2,1-2H3,(H,26,31)(H,29,30)/t11-/m0/s1. The molecule has 3 rings (SSSR count). The summed E-state index contributed by atoms with van der Waals surface area (Å²) < 4.78 is 42.3. The number of phenols is 1. The minimum Gasteiger partial charge on any atom is -0.508 e. The molecular formula is C22H19F3N2O6. The highest BCUT2D eigenvalue weighted by molar-refractivity contribution is 6.05. The van der Waals surface area contributed by atoms with Crippen LogP contribution < -0.4 is 10.1 Å². The van der Waals surface area contributed by atoms with Gasteiger partial charge in [0, 0.05) is 16.6 Å². The lowest BCUT2D eigenvalue weighted by molar-refractivity contribution is -0.274. The van der Waals surface area contributed by atoms with E-state index in [9.17, 15) is 32.7 Å². The molecule has 1 heterocycles. The summed E-state index contributed by atoms with van der Waals surface area (Å²) in [7, 11) is 0. The molecule has 1 aromatic heterocycles. The van der Waals surface area contributed by atoms with Crippen molar-refractivity contribution in [3.63, 3.8) is 0 Å². The van der Waals surface area contributed by atoms with Gasteiger partial charge >= 0.3 is 12.3 Å². The first-order valence-corrected chi connectivity index (χ1v) is 9.63. The normalized spacial score (nSPS) is 12.4. The third kappa shape index (κ3) is 5.08. The van der Waals surface area contributed by atoms with Crippen molar-refractivity contribution >= 4 is 28.7 Å². The molecule has 0 spiro atoms. The van der Waals surface area contributed by atoms with E-state index in [0.717, 1.165) is 12.1 Å². The maximum Gasteiger partial charge on any atom is 0.573 e. The highest BCUT2D eigenvalue weighted by atomic mass is 19.4. The molecule has 174 valence electrons. The number of nitrogens with zero attached hydrogens (tertiary/aromatic N) is 1. The van der Waals surface area contributed by atoms with Gasteiger partial charge in [-0.25, -0.2) is 0 Å². The first-order chi connectivity index (χ1) is 15.4. The van der Waals surface area contributed by atoms with Crippen LogP contribution in [0.15, 0.2) is 42.5 Å². The molecule has 0 bridgehead atoms. The molecule has 0 saturated carbocycles. The van der Waals surface area contributed by atoms with Crippen LogP contribution in [0.25, 0.3) is 10.9 Å². The number of carbonyl (C=O) groups excluding carboxylic acids is 2. The van der Waals surface area contributed by atoms with E-state index >= 15 is 0 Å². The largest absolute Gasteiger partial charge is 0.573 e. The number of aromatic nitrogens is 1. The molecule has 1 amide bonds. The minimum absolute atomic E-state index is 0.0622. The zero-order chi connectivity index (χ0) is 24.5. The van der Waals surface area contributed by atoms with E-state index in [1.165, 1.54) is 41.8 Å². The molecule has 11 heteroatoms. The minimum atomic E-state index is -4.87. The number of hydrogen-bond acceptors (Lipinski definition) is 5. The maximum absolute atomic E-state index is 13.2. The van der Waals surface area contributed by atoms with Gasteiger partial charge in [-0.2, -0.15) is 0 Å². The SMILES string of the molecule is Cc1c([C@H](C)C(=O)NCC(=O)O)c2cc(O)ccc2n1C(=O)c1ccc(OC(F)(F)F)cc1. The Hall–Kier alpha value is -4.02. The average Bonchev–Trinajstić information content (AvgIpc) is 3.01. The summed E-state index contributed by atoms with van der Waals surface area (Å²) in [6, 6.07) is 8.58. The van der Waals surface area contributed by atoms with Gasteiger partial charge in [-0.05, 0) is 61.9 Å². The maximum atomic E-state index is 13.2. The summed E-state index contributed by atoms with van der Waals surface area (Å²) in [5.41, 5.74) is 1.18. The van der Waals surface area contributed by atoms with E-state index in [2.05, 4.69) is 10.1 Å². The Kier molecular flexibility index (Phi) is 6.34. The number of benzene rings is 2. The number of aliphatic carboxylic acids is 1. The Morgan fingerprint density at radius 3 is 2.33 bits per heavy atom. The van der Waals surface area contributed by atoms with Gasteiger partial charge in [-0.3, -0.25) is 19.0 Å². The van der Waals surface area contributed by atoms with E-state index in [4.69, 9.17) is 5.11 Å². The monoisotopic (exact) mass is 464 g/mol. The fourth-order valence-corrected chi connectivity index (χ4v) is 3.61. The summed E-state index contributed by atoms with van der Waals surface area (Å²) in [5.74, 6) is -3.86. The number of aromatic hydroxyl groups is 1. The molecular weight excluding hydrogens is 445 g/mol. The molecule has 3 N–H and O–H groups in total. The molecule has 0 aliphatic heterocycles. The van der Waals surface area contributed by atoms with Gasteiger partial charge in [-0.15, -0.1) is 13.2 Å². The van der Waals surface area contributed by atoms with E-state index in [1.54, 1.807) is 6.92 Å². The van der Waals surface area contributed by atoms with Gasteiger partial charge in [0.1, 0.15) is 18.0 Å². The number of amides is 1. The number of hydrogen-bond donors (Lipinski definition) is 3.